The Kier molecular flexibility index (Phi) is 5.00. The molecule has 1 aromatic rings. The topological polar surface area (TPSA) is 24.1 Å². The van der Waals surface area contributed by atoms with Crippen LogP contribution in [0.3, 0.4) is 0 Å². The van der Waals surface area contributed by atoms with Gasteiger partial charge in [-0.2, -0.15) is 0 Å². The quantitative estimate of drug-likeness (QED) is 0.854. The maximum Gasteiger partial charge on any atom is 0.146 e. The second-order valence-electron chi connectivity index (χ2n) is 5.26. The SMILES string of the molecule is CC(CC1CCCCCN1)Nc1ccccc1F. The van der Waals surface area contributed by atoms with Crippen molar-refractivity contribution in [2.24, 2.45) is 0 Å². The minimum absolute atomic E-state index is 0.168. The van der Waals surface area contributed by atoms with Crippen LogP contribution in [0, 0.1) is 5.82 Å². The molecule has 0 amide bonds. The second-order valence-corrected chi connectivity index (χ2v) is 5.26. The Balaban J connectivity index is 1.84. The molecule has 0 aromatic heterocycles. The van der Waals surface area contributed by atoms with Crippen molar-refractivity contribution in [2.75, 3.05) is 11.9 Å². The van der Waals surface area contributed by atoms with Crippen LogP contribution in [-0.4, -0.2) is 18.6 Å². The number of halogens is 1. The van der Waals surface area contributed by atoms with Crippen molar-refractivity contribution in [3.05, 3.63) is 30.1 Å². The zero-order valence-electron chi connectivity index (χ0n) is 11.1. The summed E-state index contributed by atoms with van der Waals surface area (Å²) < 4.78 is 13.5. The van der Waals surface area contributed by atoms with Crippen molar-refractivity contribution in [1.29, 1.82) is 0 Å². The monoisotopic (exact) mass is 250 g/mol. The Hall–Kier alpha value is -1.09. The van der Waals surface area contributed by atoms with Gasteiger partial charge in [0, 0.05) is 12.1 Å². The predicted molar refractivity (Wildman–Crippen MR) is 74.4 cm³/mol. The normalized spacial score (nSPS) is 22.2. The summed E-state index contributed by atoms with van der Waals surface area (Å²) in [5.41, 5.74) is 0.610. The van der Waals surface area contributed by atoms with Gasteiger partial charge in [-0.1, -0.05) is 25.0 Å². The molecule has 2 atom stereocenters. The van der Waals surface area contributed by atoms with Gasteiger partial charge in [-0.3, -0.25) is 0 Å². The first kappa shape index (κ1) is 13.3. The molecule has 3 heteroatoms. The molecule has 0 radical (unpaired) electrons. The Labute approximate surface area is 109 Å². The van der Waals surface area contributed by atoms with E-state index in [2.05, 4.69) is 17.6 Å². The van der Waals surface area contributed by atoms with Crippen LogP contribution in [0.2, 0.25) is 0 Å². The lowest BCUT2D eigenvalue weighted by Crippen LogP contribution is -2.33. The van der Waals surface area contributed by atoms with Gasteiger partial charge in [0.15, 0.2) is 0 Å². The summed E-state index contributed by atoms with van der Waals surface area (Å²) in [6.07, 6.45) is 6.21. The molecule has 0 spiro atoms. The lowest BCUT2D eigenvalue weighted by molar-refractivity contribution is 0.455. The standard InChI is InChI=1S/C15H23FN2/c1-12(11-13-7-3-2-6-10-17-13)18-15-9-5-4-8-14(15)16/h4-5,8-9,12-13,17-18H,2-3,6-7,10-11H2,1H3. The fourth-order valence-electron chi connectivity index (χ4n) is 2.63. The average Bonchev–Trinajstić information content (AvgIpc) is 2.61. The van der Waals surface area contributed by atoms with Crippen molar-refractivity contribution >= 4 is 5.69 Å². The molecule has 1 saturated heterocycles. The van der Waals surface area contributed by atoms with Gasteiger partial charge in [0.1, 0.15) is 5.82 Å². The molecule has 1 aliphatic heterocycles. The van der Waals surface area contributed by atoms with E-state index >= 15 is 0 Å². The maximum absolute atomic E-state index is 13.5. The predicted octanol–water partition coefficient (Wildman–Crippen LogP) is 3.55. The maximum atomic E-state index is 13.5. The van der Waals surface area contributed by atoms with E-state index in [-0.39, 0.29) is 11.9 Å². The largest absolute Gasteiger partial charge is 0.380 e. The van der Waals surface area contributed by atoms with E-state index in [1.54, 1.807) is 12.1 Å². The molecule has 0 aliphatic carbocycles. The molecular formula is C15H23FN2. The molecule has 2 rings (SSSR count). The molecule has 0 saturated carbocycles. The van der Waals surface area contributed by atoms with Gasteiger partial charge in [0.05, 0.1) is 5.69 Å². The molecule has 1 aromatic carbocycles. The Morgan fingerprint density at radius 1 is 1.33 bits per heavy atom. The highest BCUT2D eigenvalue weighted by molar-refractivity contribution is 5.45. The molecule has 1 heterocycles. The van der Waals surface area contributed by atoms with Crippen LogP contribution in [-0.2, 0) is 0 Å². The molecule has 1 fully saturated rings. The summed E-state index contributed by atoms with van der Waals surface area (Å²) >= 11 is 0. The number of hydrogen-bond donors (Lipinski definition) is 2. The van der Waals surface area contributed by atoms with Gasteiger partial charge < -0.3 is 10.6 Å². The number of benzene rings is 1. The zero-order chi connectivity index (χ0) is 12.8. The third-order valence-electron chi connectivity index (χ3n) is 3.58. The summed E-state index contributed by atoms with van der Waals surface area (Å²) in [6.45, 7) is 3.25. The highest BCUT2D eigenvalue weighted by atomic mass is 19.1. The summed E-state index contributed by atoms with van der Waals surface area (Å²) in [5.74, 6) is -0.168. The number of anilines is 1. The Bertz CT molecular complexity index is 359. The van der Waals surface area contributed by atoms with E-state index in [4.69, 9.17) is 0 Å². The molecule has 2 nitrogen and oxygen atoms in total. The van der Waals surface area contributed by atoms with E-state index in [1.165, 1.54) is 31.7 Å². The average molecular weight is 250 g/mol. The van der Waals surface area contributed by atoms with Crippen molar-refractivity contribution in [1.82, 2.24) is 5.32 Å². The molecule has 0 bridgehead atoms. The summed E-state index contributed by atoms with van der Waals surface area (Å²) in [7, 11) is 0. The third-order valence-corrected chi connectivity index (χ3v) is 3.58. The van der Waals surface area contributed by atoms with Crippen LogP contribution >= 0.6 is 0 Å². The van der Waals surface area contributed by atoms with E-state index in [0.717, 1.165) is 13.0 Å². The van der Waals surface area contributed by atoms with Crippen LogP contribution in [0.1, 0.15) is 39.0 Å². The number of para-hydroxylation sites is 1. The smallest absolute Gasteiger partial charge is 0.146 e. The van der Waals surface area contributed by atoms with Gasteiger partial charge in [-0.05, 0) is 44.9 Å². The van der Waals surface area contributed by atoms with Crippen molar-refractivity contribution in [3.63, 3.8) is 0 Å². The first-order chi connectivity index (χ1) is 8.75. The van der Waals surface area contributed by atoms with E-state index in [1.807, 2.05) is 6.07 Å². The van der Waals surface area contributed by atoms with Crippen LogP contribution in [0.4, 0.5) is 10.1 Å². The van der Waals surface area contributed by atoms with Gasteiger partial charge in [-0.15, -0.1) is 0 Å². The number of hydrogen-bond acceptors (Lipinski definition) is 2. The highest BCUT2D eigenvalue weighted by Crippen LogP contribution is 2.17. The van der Waals surface area contributed by atoms with Crippen LogP contribution < -0.4 is 10.6 Å². The van der Waals surface area contributed by atoms with E-state index in [0.29, 0.717) is 11.7 Å². The van der Waals surface area contributed by atoms with Crippen LogP contribution in [0.5, 0.6) is 0 Å². The molecule has 2 N–H and O–H groups in total. The van der Waals surface area contributed by atoms with Crippen LogP contribution in [0.15, 0.2) is 24.3 Å². The molecule has 2 unspecified atom stereocenters. The fraction of sp³-hybridized carbons (Fsp3) is 0.600. The Morgan fingerprint density at radius 2 is 2.17 bits per heavy atom. The lowest BCUT2D eigenvalue weighted by Gasteiger charge is -2.22. The number of nitrogens with one attached hydrogen (secondary N) is 2. The van der Waals surface area contributed by atoms with Crippen molar-refractivity contribution < 1.29 is 4.39 Å². The van der Waals surface area contributed by atoms with E-state index < -0.39 is 0 Å². The minimum Gasteiger partial charge on any atom is -0.380 e. The van der Waals surface area contributed by atoms with Gasteiger partial charge >= 0.3 is 0 Å². The first-order valence-corrected chi connectivity index (χ1v) is 7.00. The molecular weight excluding hydrogens is 227 g/mol. The summed E-state index contributed by atoms with van der Waals surface area (Å²) in [4.78, 5) is 0. The van der Waals surface area contributed by atoms with Crippen LogP contribution in [0.25, 0.3) is 0 Å². The van der Waals surface area contributed by atoms with E-state index in [9.17, 15) is 4.39 Å². The third kappa shape index (κ3) is 3.98. The second kappa shape index (κ2) is 6.74. The lowest BCUT2D eigenvalue weighted by atomic mass is 10.0. The molecule has 18 heavy (non-hydrogen) atoms. The fourth-order valence-corrected chi connectivity index (χ4v) is 2.63. The minimum atomic E-state index is -0.168. The van der Waals surface area contributed by atoms with Crippen molar-refractivity contribution in [3.8, 4) is 0 Å². The van der Waals surface area contributed by atoms with Gasteiger partial charge in [0.2, 0.25) is 0 Å². The summed E-state index contributed by atoms with van der Waals surface area (Å²) in [5, 5.41) is 6.84. The molecule has 1 aliphatic rings. The molecule has 100 valence electrons. The number of rotatable bonds is 4. The van der Waals surface area contributed by atoms with Crippen molar-refractivity contribution in [2.45, 2.75) is 51.1 Å². The van der Waals surface area contributed by atoms with Gasteiger partial charge in [-0.25, -0.2) is 4.39 Å². The Morgan fingerprint density at radius 3 is 3.00 bits per heavy atom. The highest BCUT2D eigenvalue weighted by Gasteiger charge is 2.15. The first-order valence-electron chi connectivity index (χ1n) is 7.00. The van der Waals surface area contributed by atoms with Gasteiger partial charge in [0.25, 0.3) is 0 Å². The summed E-state index contributed by atoms with van der Waals surface area (Å²) in [6, 6.07) is 7.74. The zero-order valence-corrected chi connectivity index (χ0v) is 11.1.